The Balaban J connectivity index is 1.94. The van der Waals surface area contributed by atoms with Crippen LogP contribution in [0.2, 0.25) is 0 Å². The van der Waals surface area contributed by atoms with Crippen molar-refractivity contribution < 1.29 is 19.1 Å². The lowest BCUT2D eigenvalue weighted by Gasteiger charge is -2.44. The molecule has 0 unspecified atom stereocenters. The minimum atomic E-state index is -0.166. The third-order valence-electron chi connectivity index (χ3n) is 5.87. The lowest BCUT2D eigenvalue weighted by Crippen LogP contribution is -2.41. The van der Waals surface area contributed by atoms with Crippen molar-refractivity contribution in [3.05, 3.63) is 11.6 Å². The summed E-state index contributed by atoms with van der Waals surface area (Å²) in [5.74, 6) is 0.616. The van der Waals surface area contributed by atoms with E-state index in [1.165, 1.54) is 18.9 Å². The highest BCUT2D eigenvalue weighted by molar-refractivity contribution is 5.69. The van der Waals surface area contributed by atoms with Crippen molar-refractivity contribution in [2.75, 3.05) is 6.61 Å². The van der Waals surface area contributed by atoms with Gasteiger partial charge in [-0.2, -0.15) is 0 Å². The number of hydrogen-bond donors (Lipinski definition) is 0. The van der Waals surface area contributed by atoms with Crippen LogP contribution in [0.4, 0.5) is 0 Å². The molecule has 136 valence electrons. The SMILES string of the molecule is CCOC(=O)CCC[C@@H](C)C1=CC[C@H]2[C@@H](OC(C)=O)CCC[C@]12C. The molecule has 0 aliphatic heterocycles. The summed E-state index contributed by atoms with van der Waals surface area (Å²) in [6.45, 7) is 8.41. The fourth-order valence-corrected chi connectivity index (χ4v) is 4.78. The lowest BCUT2D eigenvalue weighted by molar-refractivity contribution is -0.153. The van der Waals surface area contributed by atoms with Gasteiger partial charge in [-0.05, 0) is 56.8 Å². The molecule has 0 radical (unpaired) electrons. The fourth-order valence-electron chi connectivity index (χ4n) is 4.78. The normalized spacial score (nSPS) is 30.2. The molecule has 0 aromatic carbocycles. The molecule has 0 saturated heterocycles. The molecule has 0 bridgehead atoms. The Bertz CT molecular complexity index is 496. The number of allylic oxidation sites excluding steroid dienone is 2. The molecule has 4 heteroatoms. The van der Waals surface area contributed by atoms with Crippen LogP contribution in [0, 0.1) is 17.3 Å². The Morgan fingerprint density at radius 1 is 1.42 bits per heavy atom. The Labute approximate surface area is 146 Å². The van der Waals surface area contributed by atoms with E-state index in [1.807, 2.05) is 6.92 Å². The van der Waals surface area contributed by atoms with Crippen LogP contribution in [0.5, 0.6) is 0 Å². The van der Waals surface area contributed by atoms with E-state index < -0.39 is 0 Å². The topological polar surface area (TPSA) is 52.6 Å². The third kappa shape index (κ3) is 4.20. The Morgan fingerprint density at radius 3 is 2.83 bits per heavy atom. The number of hydrogen-bond acceptors (Lipinski definition) is 4. The first kappa shape index (κ1) is 19.0. The summed E-state index contributed by atoms with van der Waals surface area (Å²) in [6.07, 6.45) is 9.08. The summed E-state index contributed by atoms with van der Waals surface area (Å²) >= 11 is 0. The van der Waals surface area contributed by atoms with Gasteiger partial charge in [0.25, 0.3) is 0 Å². The number of fused-ring (bicyclic) bond motifs is 1. The molecule has 2 aliphatic carbocycles. The van der Waals surface area contributed by atoms with E-state index in [1.54, 1.807) is 0 Å². The van der Waals surface area contributed by atoms with E-state index in [0.29, 0.717) is 24.9 Å². The Kier molecular flexibility index (Phi) is 6.47. The standard InChI is InChI=1S/C20H32O4/c1-5-23-19(22)10-6-8-14(2)16-11-12-17-18(24-15(3)21)9-7-13-20(16,17)4/h11,14,17-18H,5-10,12-13H2,1-4H3/t14-,17+,18+,20-/m1/s1. The second-order valence-electron chi connectivity index (χ2n) is 7.56. The number of esters is 2. The van der Waals surface area contributed by atoms with E-state index in [0.717, 1.165) is 32.1 Å². The molecule has 2 rings (SSSR count). The zero-order chi connectivity index (χ0) is 17.7. The van der Waals surface area contributed by atoms with Gasteiger partial charge in [0, 0.05) is 19.3 Å². The Hall–Kier alpha value is -1.32. The van der Waals surface area contributed by atoms with Crippen LogP contribution in [-0.4, -0.2) is 24.6 Å². The van der Waals surface area contributed by atoms with E-state index in [4.69, 9.17) is 9.47 Å². The summed E-state index contributed by atoms with van der Waals surface area (Å²) in [5.41, 5.74) is 1.65. The molecular formula is C20H32O4. The molecule has 0 heterocycles. The predicted octanol–water partition coefficient (Wildman–Crippen LogP) is 4.42. The van der Waals surface area contributed by atoms with E-state index in [2.05, 4.69) is 19.9 Å². The van der Waals surface area contributed by atoms with Gasteiger partial charge in [-0.1, -0.05) is 25.5 Å². The summed E-state index contributed by atoms with van der Waals surface area (Å²) in [4.78, 5) is 22.9. The van der Waals surface area contributed by atoms with Gasteiger partial charge >= 0.3 is 11.9 Å². The van der Waals surface area contributed by atoms with Crippen molar-refractivity contribution in [2.24, 2.45) is 17.3 Å². The van der Waals surface area contributed by atoms with Gasteiger partial charge in [-0.15, -0.1) is 0 Å². The number of carbonyl (C=O) groups is 2. The van der Waals surface area contributed by atoms with Crippen LogP contribution >= 0.6 is 0 Å². The third-order valence-corrected chi connectivity index (χ3v) is 5.87. The molecule has 0 amide bonds. The maximum absolute atomic E-state index is 11.5. The van der Waals surface area contributed by atoms with Gasteiger partial charge < -0.3 is 9.47 Å². The van der Waals surface area contributed by atoms with Gasteiger partial charge in [0.1, 0.15) is 6.10 Å². The van der Waals surface area contributed by atoms with Crippen molar-refractivity contribution >= 4 is 11.9 Å². The van der Waals surface area contributed by atoms with Crippen molar-refractivity contribution in [2.45, 2.75) is 78.7 Å². The van der Waals surface area contributed by atoms with Crippen LogP contribution in [0.15, 0.2) is 11.6 Å². The zero-order valence-corrected chi connectivity index (χ0v) is 15.6. The molecule has 0 N–H and O–H groups in total. The second-order valence-corrected chi connectivity index (χ2v) is 7.56. The van der Waals surface area contributed by atoms with Gasteiger partial charge in [0.15, 0.2) is 0 Å². The number of rotatable bonds is 7. The van der Waals surface area contributed by atoms with Crippen molar-refractivity contribution in [3.63, 3.8) is 0 Å². The largest absolute Gasteiger partial charge is 0.466 e. The first-order valence-electron chi connectivity index (χ1n) is 9.41. The van der Waals surface area contributed by atoms with Crippen LogP contribution in [0.25, 0.3) is 0 Å². The quantitative estimate of drug-likeness (QED) is 0.510. The second kappa shape index (κ2) is 8.17. The van der Waals surface area contributed by atoms with Crippen LogP contribution < -0.4 is 0 Å². The highest BCUT2D eigenvalue weighted by Gasteiger charge is 2.49. The fraction of sp³-hybridized carbons (Fsp3) is 0.800. The molecule has 4 atom stereocenters. The first-order chi connectivity index (χ1) is 11.4. The van der Waals surface area contributed by atoms with E-state index >= 15 is 0 Å². The molecular weight excluding hydrogens is 304 g/mol. The molecule has 0 spiro atoms. The van der Waals surface area contributed by atoms with Crippen LogP contribution in [0.3, 0.4) is 0 Å². The molecule has 1 saturated carbocycles. The summed E-state index contributed by atoms with van der Waals surface area (Å²) in [5, 5.41) is 0. The zero-order valence-electron chi connectivity index (χ0n) is 15.6. The number of carbonyl (C=O) groups excluding carboxylic acids is 2. The van der Waals surface area contributed by atoms with Crippen LogP contribution in [0.1, 0.15) is 72.6 Å². The molecule has 24 heavy (non-hydrogen) atoms. The van der Waals surface area contributed by atoms with Gasteiger partial charge in [-0.3, -0.25) is 9.59 Å². The minimum Gasteiger partial charge on any atom is -0.466 e. The molecule has 2 aliphatic rings. The average Bonchev–Trinajstić information content (AvgIpc) is 2.85. The maximum Gasteiger partial charge on any atom is 0.305 e. The Morgan fingerprint density at radius 2 is 2.17 bits per heavy atom. The first-order valence-corrected chi connectivity index (χ1v) is 9.41. The van der Waals surface area contributed by atoms with Gasteiger partial charge in [0.05, 0.1) is 6.61 Å². The molecule has 0 aromatic heterocycles. The van der Waals surface area contributed by atoms with Crippen molar-refractivity contribution in [3.8, 4) is 0 Å². The summed E-state index contributed by atoms with van der Waals surface area (Å²) in [6, 6.07) is 0. The molecule has 0 aromatic rings. The van der Waals surface area contributed by atoms with Gasteiger partial charge in [0.2, 0.25) is 0 Å². The maximum atomic E-state index is 11.5. The van der Waals surface area contributed by atoms with Crippen molar-refractivity contribution in [1.82, 2.24) is 0 Å². The number of ether oxygens (including phenoxy) is 2. The highest BCUT2D eigenvalue weighted by atomic mass is 16.5. The molecule has 1 fully saturated rings. The van der Waals surface area contributed by atoms with Crippen LogP contribution in [-0.2, 0) is 19.1 Å². The highest BCUT2D eigenvalue weighted by Crippen LogP contribution is 2.55. The summed E-state index contributed by atoms with van der Waals surface area (Å²) in [7, 11) is 0. The van der Waals surface area contributed by atoms with Gasteiger partial charge in [-0.25, -0.2) is 0 Å². The monoisotopic (exact) mass is 336 g/mol. The smallest absolute Gasteiger partial charge is 0.305 e. The van der Waals surface area contributed by atoms with E-state index in [9.17, 15) is 9.59 Å². The predicted molar refractivity (Wildman–Crippen MR) is 93.4 cm³/mol. The van der Waals surface area contributed by atoms with Crippen molar-refractivity contribution in [1.29, 1.82) is 0 Å². The summed E-state index contributed by atoms with van der Waals surface area (Å²) < 4.78 is 10.6. The molecule has 4 nitrogen and oxygen atoms in total. The average molecular weight is 336 g/mol. The minimum absolute atomic E-state index is 0.0572. The van der Waals surface area contributed by atoms with E-state index in [-0.39, 0.29) is 23.5 Å². The lowest BCUT2D eigenvalue weighted by atomic mass is 9.63.